The summed E-state index contributed by atoms with van der Waals surface area (Å²) in [7, 11) is 0. The summed E-state index contributed by atoms with van der Waals surface area (Å²) < 4.78 is 3.38. The van der Waals surface area contributed by atoms with Gasteiger partial charge in [-0.25, -0.2) is 9.67 Å². The summed E-state index contributed by atoms with van der Waals surface area (Å²) in [5.41, 5.74) is 6.20. The molecule has 4 nitrogen and oxygen atoms in total. The van der Waals surface area contributed by atoms with Crippen molar-refractivity contribution in [2.45, 2.75) is 0 Å². The molecule has 0 fully saturated rings. The Kier molecular flexibility index (Phi) is 2.56. The summed E-state index contributed by atoms with van der Waals surface area (Å²) in [5, 5.41) is 4.11. The van der Waals surface area contributed by atoms with Crippen LogP contribution in [0.3, 0.4) is 0 Å². The Balaban J connectivity index is 2.52. The maximum Gasteiger partial charge on any atom is 0.167 e. The van der Waals surface area contributed by atoms with Crippen LogP contribution in [0.1, 0.15) is 0 Å². The molecule has 14 heavy (non-hydrogen) atoms. The number of nitrogens with two attached hydrogens (primary N) is 1. The van der Waals surface area contributed by atoms with E-state index in [1.165, 1.54) is 0 Å². The monoisotopic (exact) mass is 316 g/mol. The van der Waals surface area contributed by atoms with Gasteiger partial charge in [0.1, 0.15) is 0 Å². The number of pyridine rings is 1. The highest BCUT2D eigenvalue weighted by molar-refractivity contribution is 9.10. The van der Waals surface area contributed by atoms with Crippen LogP contribution in [0.15, 0.2) is 33.6 Å². The molecule has 0 aromatic carbocycles. The summed E-state index contributed by atoms with van der Waals surface area (Å²) in [6.07, 6.45) is 5.11. The van der Waals surface area contributed by atoms with Crippen LogP contribution >= 0.6 is 31.9 Å². The van der Waals surface area contributed by atoms with Crippen LogP contribution in [0.25, 0.3) is 5.82 Å². The van der Waals surface area contributed by atoms with E-state index >= 15 is 0 Å². The number of nitrogens with zero attached hydrogens (tertiary/aromatic N) is 3. The standard InChI is InChI=1S/C8H6Br2N4/c9-5-2-13-14(4-5)8-7(10)1-6(11)3-12-8/h1-4H,11H2. The van der Waals surface area contributed by atoms with Gasteiger partial charge in [0, 0.05) is 6.20 Å². The Hall–Kier alpha value is -0.880. The molecule has 2 heterocycles. The third kappa shape index (κ3) is 1.80. The first-order valence-electron chi connectivity index (χ1n) is 3.78. The third-order valence-corrected chi connectivity index (χ3v) is 2.60. The summed E-state index contributed by atoms with van der Waals surface area (Å²) in [5.74, 6) is 0.713. The van der Waals surface area contributed by atoms with Crippen molar-refractivity contribution in [2.24, 2.45) is 0 Å². The molecule has 2 N–H and O–H groups in total. The summed E-state index contributed by atoms with van der Waals surface area (Å²) in [4.78, 5) is 4.17. The summed E-state index contributed by atoms with van der Waals surface area (Å²) >= 11 is 6.69. The predicted molar refractivity (Wildman–Crippen MR) is 61.2 cm³/mol. The average Bonchev–Trinajstić information content (AvgIpc) is 2.51. The van der Waals surface area contributed by atoms with Crippen molar-refractivity contribution in [3.8, 4) is 5.82 Å². The molecule has 0 unspecified atom stereocenters. The topological polar surface area (TPSA) is 56.7 Å². The second-order valence-electron chi connectivity index (χ2n) is 2.68. The molecule has 6 heteroatoms. The molecule has 0 atom stereocenters. The Bertz CT molecular complexity index is 466. The van der Waals surface area contributed by atoms with Gasteiger partial charge in [0.15, 0.2) is 5.82 Å². The molecule has 0 amide bonds. The highest BCUT2D eigenvalue weighted by atomic mass is 79.9. The van der Waals surface area contributed by atoms with Gasteiger partial charge in [-0.05, 0) is 37.9 Å². The summed E-state index contributed by atoms with van der Waals surface area (Å²) in [6.45, 7) is 0. The van der Waals surface area contributed by atoms with E-state index in [9.17, 15) is 0 Å². The van der Waals surface area contributed by atoms with E-state index in [0.29, 0.717) is 11.5 Å². The Morgan fingerprint density at radius 3 is 2.64 bits per heavy atom. The van der Waals surface area contributed by atoms with E-state index in [0.717, 1.165) is 8.95 Å². The van der Waals surface area contributed by atoms with Gasteiger partial charge >= 0.3 is 0 Å². The molecule has 72 valence electrons. The fourth-order valence-electron chi connectivity index (χ4n) is 1.03. The minimum absolute atomic E-state index is 0.617. The first-order valence-corrected chi connectivity index (χ1v) is 5.37. The molecule has 0 aliphatic rings. The smallest absolute Gasteiger partial charge is 0.167 e. The molecule has 0 saturated carbocycles. The molecular formula is C8H6Br2N4. The highest BCUT2D eigenvalue weighted by Crippen LogP contribution is 2.21. The van der Waals surface area contributed by atoms with Gasteiger partial charge in [0.25, 0.3) is 0 Å². The maximum atomic E-state index is 5.58. The van der Waals surface area contributed by atoms with Gasteiger partial charge < -0.3 is 5.73 Å². The lowest BCUT2D eigenvalue weighted by Crippen LogP contribution is -2.00. The molecule has 2 aromatic heterocycles. The molecule has 0 saturated heterocycles. The largest absolute Gasteiger partial charge is 0.397 e. The van der Waals surface area contributed by atoms with E-state index < -0.39 is 0 Å². The van der Waals surface area contributed by atoms with E-state index in [1.807, 2.05) is 6.20 Å². The minimum atomic E-state index is 0.617. The van der Waals surface area contributed by atoms with Crippen molar-refractivity contribution < 1.29 is 0 Å². The van der Waals surface area contributed by atoms with Crippen LogP contribution in [0.5, 0.6) is 0 Å². The van der Waals surface area contributed by atoms with Gasteiger partial charge in [-0.1, -0.05) is 0 Å². The number of aromatic nitrogens is 3. The first-order chi connectivity index (χ1) is 6.66. The Morgan fingerprint density at radius 1 is 1.29 bits per heavy atom. The number of hydrogen-bond donors (Lipinski definition) is 1. The zero-order valence-electron chi connectivity index (χ0n) is 6.98. The van der Waals surface area contributed by atoms with Crippen molar-refractivity contribution in [3.05, 3.63) is 33.6 Å². The van der Waals surface area contributed by atoms with E-state index in [-0.39, 0.29) is 0 Å². The Morgan fingerprint density at radius 2 is 2.07 bits per heavy atom. The Labute approximate surface area is 97.4 Å². The predicted octanol–water partition coefficient (Wildman–Crippen LogP) is 2.37. The van der Waals surface area contributed by atoms with Crippen molar-refractivity contribution in [1.29, 1.82) is 0 Å². The van der Waals surface area contributed by atoms with Gasteiger partial charge in [0.05, 0.1) is 27.0 Å². The second-order valence-corrected chi connectivity index (χ2v) is 4.45. The fraction of sp³-hybridized carbons (Fsp3) is 0. The molecule has 0 aliphatic heterocycles. The van der Waals surface area contributed by atoms with Gasteiger partial charge in [-0.3, -0.25) is 0 Å². The number of rotatable bonds is 1. The van der Waals surface area contributed by atoms with Gasteiger partial charge in [-0.2, -0.15) is 5.10 Å². The quantitative estimate of drug-likeness (QED) is 0.878. The molecule has 0 aliphatic carbocycles. The fourth-order valence-corrected chi connectivity index (χ4v) is 1.86. The van der Waals surface area contributed by atoms with Gasteiger partial charge in [-0.15, -0.1) is 0 Å². The lowest BCUT2D eigenvalue weighted by atomic mass is 10.4. The zero-order chi connectivity index (χ0) is 10.1. The van der Waals surface area contributed by atoms with Crippen molar-refractivity contribution in [2.75, 3.05) is 5.73 Å². The van der Waals surface area contributed by atoms with Crippen molar-refractivity contribution in [3.63, 3.8) is 0 Å². The van der Waals surface area contributed by atoms with Crippen LogP contribution in [0.2, 0.25) is 0 Å². The second kappa shape index (κ2) is 3.70. The molecule has 2 rings (SSSR count). The highest BCUT2D eigenvalue weighted by Gasteiger charge is 2.05. The minimum Gasteiger partial charge on any atom is -0.397 e. The molecule has 0 spiro atoms. The van der Waals surface area contributed by atoms with E-state index in [2.05, 4.69) is 41.9 Å². The van der Waals surface area contributed by atoms with Crippen LogP contribution in [-0.4, -0.2) is 14.8 Å². The third-order valence-electron chi connectivity index (χ3n) is 1.61. The van der Waals surface area contributed by atoms with E-state index in [4.69, 9.17) is 5.73 Å². The van der Waals surface area contributed by atoms with Crippen LogP contribution in [0, 0.1) is 0 Å². The maximum absolute atomic E-state index is 5.58. The average molecular weight is 318 g/mol. The number of nitrogen functional groups attached to an aromatic ring is 1. The molecule has 0 bridgehead atoms. The number of halogens is 2. The van der Waals surface area contributed by atoms with Crippen LogP contribution in [0.4, 0.5) is 5.69 Å². The molecule has 0 radical (unpaired) electrons. The zero-order valence-corrected chi connectivity index (χ0v) is 10.2. The van der Waals surface area contributed by atoms with Crippen LogP contribution < -0.4 is 5.73 Å². The molecule has 2 aromatic rings. The summed E-state index contributed by atoms with van der Waals surface area (Å²) in [6, 6.07) is 1.79. The van der Waals surface area contributed by atoms with Gasteiger partial charge in [0.2, 0.25) is 0 Å². The lowest BCUT2D eigenvalue weighted by Gasteiger charge is -2.03. The van der Waals surface area contributed by atoms with Crippen molar-refractivity contribution >= 4 is 37.5 Å². The van der Waals surface area contributed by atoms with Crippen molar-refractivity contribution in [1.82, 2.24) is 14.8 Å². The first kappa shape index (κ1) is 9.67. The van der Waals surface area contributed by atoms with E-state index in [1.54, 1.807) is 23.1 Å². The molecular weight excluding hydrogens is 312 g/mol. The lowest BCUT2D eigenvalue weighted by molar-refractivity contribution is 0.842. The normalized spacial score (nSPS) is 10.4. The number of anilines is 1. The van der Waals surface area contributed by atoms with Crippen LogP contribution in [-0.2, 0) is 0 Å². The SMILES string of the molecule is Nc1cnc(-n2cc(Br)cn2)c(Br)c1. The number of hydrogen-bond acceptors (Lipinski definition) is 3.